The number of carbonyl (C=O) groups excluding carboxylic acids is 2. The van der Waals surface area contributed by atoms with Gasteiger partial charge in [0.1, 0.15) is 11.7 Å². The van der Waals surface area contributed by atoms with E-state index in [1.165, 1.54) is 11.3 Å². The van der Waals surface area contributed by atoms with Gasteiger partial charge >= 0.3 is 0 Å². The Bertz CT molecular complexity index is 1000. The molecule has 2 amide bonds. The summed E-state index contributed by atoms with van der Waals surface area (Å²) in [7, 11) is 1.74. The van der Waals surface area contributed by atoms with Crippen LogP contribution < -0.4 is 10.9 Å². The normalized spacial score (nSPS) is 12.0. The van der Waals surface area contributed by atoms with Crippen LogP contribution in [0.25, 0.3) is 10.7 Å². The molecule has 3 aromatic rings. The molecule has 0 aliphatic carbocycles. The largest absolute Gasteiger partial charge is 0.345 e. The Hall–Kier alpha value is -2.24. The standard InChI is InChI=1S/C15H15BrN6O2S2/c1-8(22-12(17-20-15(22)25)11-4-3-5-26-11)13(23)18-19-14(24)10-6-9(16)7-21(10)2/h3-8H,1-2H3,(H,18,23)(H,19,24)(H,20,25). The van der Waals surface area contributed by atoms with Gasteiger partial charge in [0, 0.05) is 17.7 Å². The second kappa shape index (κ2) is 7.56. The lowest BCUT2D eigenvalue weighted by atomic mass is 10.3. The van der Waals surface area contributed by atoms with Gasteiger partial charge in [0.15, 0.2) is 10.6 Å². The van der Waals surface area contributed by atoms with Crippen LogP contribution in [0.4, 0.5) is 0 Å². The van der Waals surface area contributed by atoms with Crippen LogP contribution in [0.2, 0.25) is 0 Å². The number of halogens is 1. The minimum Gasteiger partial charge on any atom is -0.345 e. The van der Waals surface area contributed by atoms with Crippen molar-refractivity contribution in [2.75, 3.05) is 0 Å². The maximum Gasteiger partial charge on any atom is 0.286 e. The van der Waals surface area contributed by atoms with Crippen LogP contribution in [0.15, 0.2) is 34.2 Å². The molecule has 8 nitrogen and oxygen atoms in total. The van der Waals surface area contributed by atoms with Crippen molar-refractivity contribution in [2.24, 2.45) is 7.05 Å². The summed E-state index contributed by atoms with van der Waals surface area (Å²) in [6, 6.07) is 4.78. The first-order valence-corrected chi connectivity index (χ1v) is 9.59. The maximum atomic E-state index is 12.5. The zero-order chi connectivity index (χ0) is 18.8. The van der Waals surface area contributed by atoms with Gasteiger partial charge < -0.3 is 4.57 Å². The molecule has 26 heavy (non-hydrogen) atoms. The van der Waals surface area contributed by atoms with E-state index >= 15 is 0 Å². The van der Waals surface area contributed by atoms with Crippen LogP contribution >= 0.6 is 39.5 Å². The first-order chi connectivity index (χ1) is 12.4. The van der Waals surface area contributed by atoms with Crippen LogP contribution in [-0.2, 0) is 11.8 Å². The first kappa shape index (κ1) is 18.5. The third-order valence-corrected chi connectivity index (χ3v) is 5.30. The molecule has 1 atom stereocenters. The molecular formula is C15H15BrN6O2S2. The third kappa shape index (κ3) is 3.64. The fraction of sp³-hybridized carbons (Fsp3) is 0.200. The fourth-order valence-electron chi connectivity index (χ4n) is 2.40. The summed E-state index contributed by atoms with van der Waals surface area (Å²) < 4.78 is 4.36. The average Bonchev–Trinajstić information content (AvgIpc) is 3.31. The number of hydrazine groups is 1. The molecule has 3 rings (SSSR count). The zero-order valence-corrected chi connectivity index (χ0v) is 17.0. The van der Waals surface area contributed by atoms with E-state index in [1.54, 1.807) is 35.4 Å². The Labute approximate surface area is 166 Å². The van der Waals surface area contributed by atoms with Crippen LogP contribution in [0.1, 0.15) is 23.5 Å². The van der Waals surface area contributed by atoms with E-state index in [2.05, 4.69) is 37.0 Å². The fourth-order valence-corrected chi connectivity index (χ4v) is 3.92. The number of carbonyl (C=O) groups is 2. The monoisotopic (exact) mass is 454 g/mol. The highest BCUT2D eigenvalue weighted by Gasteiger charge is 2.22. The summed E-state index contributed by atoms with van der Waals surface area (Å²) in [6.07, 6.45) is 1.75. The molecule has 136 valence electrons. The van der Waals surface area contributed by atoms with Crippen LogP contribution in [0.3, 0.4) is 0 Å². The van der Waals surface area contributed by atoms with E-state index in [0.29, 0.717) is 16.3 Å². The molecule has 1 unspecified atom stereocenters. The molecule has 0 saturated heterocycles. The second-order valence-corrected chi connectivity index (χ2v) is 7.72. The summed E-state index contributed by atoms with van der Waals surface area (Å²) in [5.41, 5.74) is 5.25. The minimum atomic E-state index is -0.668. The number of thiophene rings is 1. The Kier molecular flexibility index (Phi) is 5.39. The molecule has 3 heterocycles. The van der Waals surface area contributed by atoms with E-state index < -0.39 is 17.9 Å². The first-order valence-electron chi connectivity index (χ1n) is 7.51. The third-order valence-electron chi connectivity index (χ3n) is 3.72. The smallest absolute Gasteiger partial charge is 0.286 e. The Morgan fingerprint density at radius 2 is 2.19 bits per heavy atom. The summed E-state index contributed by atoms with van der Waals surface area (Å²) in [5, 5.41) is 8.82. The van der Waals surface area contributed by atoms with Crippen molar-refractivity contribution in [1.29, 1.82) is 0 Å². The lowest BCUT2D eigenvalue weighted by Crippen LogP contribution is -2.45. The maximum absolute atomic E-state index is 12.5. The van der Waals surface area contributed by atoms with Gasteiger partial charge in [0.05, 0.1) is 4.88 Å². The number of aromatic nitrogens is 4. The van der Waals surface area contributed by atoms with E-state index in [4.69, 9.17) is 12.2 Å². The highest BCUT2D eigenvalue weighted by molar-refractivity contribution is 9.10. The van der Waals surface area contributed by atoms with Gasteiger partial charge in [-0.05, 0) is 52.6 Å². The molecule has 0 aliphatic heterocycles. The van der Waals surface area contributed by atoms with E-state index in [0.717, 1.165) is 9.35 Å². The van der Waals surface area contributed by atoms with E-state index in [1.807, 2.05) is 17.5 Å². The zero-order valence-electron chi connectivity index (χ0n) is 13.8. The molecule has 11 heteroatoms. The summed E-state index contributed by atoms with van der Waals surface area (Å²) in [4.78, 5) is 25.6. The second-order valence-electron chi connectivity index (χ2n) is 5.47. The number of rotatable bonds is 4. The van der Waals surface area contributed by atoms with Gasteiger partial charge in [-0.1, -0.05) is 6.07 Å². The molecule has 0 fully saturated rings. The molecule has 0 aromatic carbocycles. The Morgan fingerprint density at radius 3 is 2.81 bits per heavy atom. The van der Waals surface area contributed by atoms with Crippen molar-refractivity contribution in [3.05, 3.63) is 44.7 Å². The van der Waals surface area contributed by atoms with Gasteiger partial charge in [0.2, 0.25) is 0 Å². The molecule has 0 aliphatic rings. The Morgan fingerprint density at radius 1 is 1.42 bits per heavy atom. The predicted molar refractivity (Wildman–Crippen MR) is 104 cm³/mol. The topological polar surface area (TPSA) is 96.7 Å². The minimum absolute atomic E-state index is 0.328. The SMILES string of the molecule is CC(C(=O)NNC(=O)c1cc(Br)cn1C)n1c(-c2cccs2)n[nH]c1=S. The number of aromatic amines is 1. The van der Waals surface area contributed by atoms with Crippen molar-refractivity contribution in [3.8, 4) is 10.7 Å². The molecular weight excluding hydrogens is 440 g/mol. The highest BCUT2D eigenvalue weighted by atomic mass is 79.9. The number of hydrogen-bond acceptors (Lipinski definition) is 5. The van der Waals surface area contributed by atoms with Crippen molar-refractivity contribution < 1.29 is 9.59 Å². The summed E-state index contributed by atoms with van der Waals surface area (Å²) in [5.74, 6) is -0.264. The van der Waals surface area contributed by atoms with E-state index in [9.17, 15) is 9.59 Å². The highest BCUT2D eigenvalue weighted by Crippen LogP contribution is 2.25. The number of nitrogens with zero attached hydrogens (tertiary/aromatic N) is 3. The van der Waals surface area contributed by atoms with Gasteiger partial charge in [-0.15, -0.1) is 11.3 Å². The number of nitrogens with one attached hydrogen (secondary N) is 3. The number of amides is 2. The molecule has 3 N–H and O–H groups in total. The summed E-state index contributed by atoms with van der Waals surface area (Å²) in [6.45, 7) is 1.68. The molecule has 3 aromatic heterocycles. The van der Waals surface area contributed by atoms with Gasteiger partial charge in [-0.3, -0.25) is 30.1 Å². The summed E-state index contributed by atoms with van der Waals surface area (Å²) >= 11 is 10.0. The molecule has 0 bridgehead atoms. The van der Waals surface area contributed by atoms with Gasteiger partial charge in [0.25, 0.3) is 11.8 Å². The average molecular weight is 455 g/mol. The Balaban J connectivity index is 1.73. The number of H-pyrrole nitrogens is 1. The van der Waals surface area contributed by atoms with Crippen LogP contribution in [0.5, 0.6) is 0 Å². The van der Waals surface area contributed by atoms with E-state index in [-0.39, 0.29) is 0 Å². The molecule has 0 radical (unpaired) electrons. The number of hydrogen-bond donors (Lipinski definition) is 3. The lowest BCUT2D eigenvalue weighted by Gasteiger charge is -2.15. The van der Waals surface area contributed by atoms with Crippen molar-refractivity contribution in [2.45, 2.75) is 13.0 Å². The molecule has 0 saturated carbocycles. The molecule has 0 spiro atoms. The van der Waals surface area contributed by atoms with Gasteiger partial charge in [-0.25, -0.2) is 0 Å². The van der Waals surface area contributed by atoms with Crippen molar-refractivity contribution >= 4 is 51.3 Å². The predicted octanol–water partition coefficient (Wildman–Crippen LogP) is 2.79. The quantitative estimate of drug-likeness (QED) is 0.417. The number of aryl methyl sites for hydroxylation is 1. The van der Waals surface area contributed by atoms with Crippen molar-refractivity contribution in [1.82, 2.24) is 30.2 Å². The lowest BCUT2D eigenvalue weighted by molar-refractivity contribution is -0.124. The van der Waals surface area contributed by atoms with Gasteiger partial charge in [-0.2, -0.15) is 5.10 Å². The van der Waals surface area contributed by atoms with Crippen LogP contribution in [0, 0.1) is 4.77 Å². The van der Waals surface area contributed by atoms with Crippen LogP contribution in [-0.4, -0.2) is 31.1 Å². The van der Waals surface area contributed by atoms with Crippen molar-refractivity contribution in [3.63, 3.8) is 0 Å².